The second kappa shape index (κ2) is 14.7. The minimum absolute atomic E-state index is 0.110. The van der Waals surface area contributed by atoms with Crippen LogP contribution in [0.3, 0.4) is 0 Å². The molecule has 2 aliphatic heterocycles. The van der Waals surface area contributed by atoms with E-state index < -0.39 is 18.2 Å². The van der Waals surface area contributed by atoms with Crippen molar-refractivity contribution in [2.45, 2.75) is 63.8 Å². The van der Waals surface area contributed by atoms with E-state index in [0.717, 1.165) is 92.1 Å². The minimum atomic E-state index is -1.21. The summed E-state index contributed by atoms with van der Waals surface area (Å²) in [5.74, 6) is 0.927. The number of H-pyrrole nitrogens is 2. The lowest BCUT2D eigenvalue weighted by Gasteiger charge is -2.29. The van der Waals surface area contributed by atoms with Gasteiger partial charge in [0, 0.05) is 23.9 Å². The number of benzene rings is 5. The van der Waals surface area contributed by atoms with Gasteiger partial charge in [0.2, 0.25) is 5.91 Å². The molecule has 0 saturated carbocycles. The molecular weight excluding hydrogens is 719 g/mol. The highest BCUT2D eigenvalue weighted by atomic mass is 16.5. The van der Waals surface area contributed by atoms with E-state index in [1.807, 2.05) is 49.1 Å². The average molecular weight is 764 g/mol. The number of hydrogen-bond acceptors (Lipinski definition) is 7. The Balaban J connectivity index is 0.974. The van der Waals surface area contributed by atoms with Crippen LogP contribution < -0.4 is 5.32 Å². The van der Waals surface area contributed by atoms with Crippen molar-refractivity contribution in [2.75, 3.05) is 20.2 Å². The fraction of sp³-hybridized carbons (Fsp3) is 0.311. The van der Waals surface area contributed by atoms with E-state index in [0.29, 0.717) is 18.7 Å². The molecule has 12 heteroatoms. The first-order valence-corrected chi connectivity index (χ1v) is 19.7. The highest BCUT2D eigenvalue weighted by molar-refractivity contribution is 6.07. The monoisotopic (exact) mass is 763 g/mol. The molecule has 7 aromatic rings. The topological polar surface area (TPSA) is 157 Å². The minimum Gasteiger partial charge on any atom is -0.453 e. The summed E-state index contributed by atoms with van der Waals surface area (Å²) in [6.07, 6.45) is 1.41. The summed E-state index contributed by atoms with van der Waals surface area (Å²) in [4.78, 5) is 59.9. The van der Waals surface area contributed by atoms with Gasteiger partial charge >= 0.3 is 6.09 Å². The van der Waals surface area contributed by atoms with Gasteiger partial charge in [-0.3, -0.25) is 9.59 Å². The van der Waals surface area contributed by atoms with Crippen LogP contribution in [-0.2, 0) is 14.3 Å². The lowest BCUT2D eigenvalue weighted by Crippen LogP contribution is -2.51. The molecule has 3 amide bonds. The highest BCUT2D eigenvalue weighted by Crippen LogP contribution is 2.38. The first kappa shape index (κ1) is 36.4. The van der Waals surface area contributed by atoms with Crippen molar-refractivity contribution in [3.8, 4) is 11.1 Å². The largest absolute Gasteiger partial charge is 0.453 e. The molecule has 0 spiro atoms. The number of aromatic amines is 2. The van der Waals surface area contributed by atoms with Crippen molar-refractivity contribution in [3.63, 3.8) is 0 Å². The number of likely N-dealkylation sites (tertiary alicyclic amines) is 2. The summed E-state index contributed by atoms with van der Waals surface area (Å²) in [7, 11) is 1.30. The van der Waals surface area contributed by atoms with E-state index in [1.54, 1.807) is 17.0 Å². The molecule has 12 nitrogen and oxygen atoms in total. The quantitative estimate of drug-likeness (QED) is 0.123. The molecule has 2 saturated heterocycles. The van der Waals surface area contributed by atoms with Crippen molar-refractivity contribution < 1.29 is 24.2 Å². The molecule has 0 aliphatic carbocycles. The van der Waals surface area contributed by atoms with Gasteiger partial charge in [0.25, 0.3) is 5.91 Å². The first-order chi connectivity index (χ1) is 27.7. The lowest BCUT2D eigenvalue weighted by atomic mass is 9.98. The van der Waals surface area contributed by atoms with Crippen LogP contribution in [0, 0.1) is 5.92 Å². The number of alkyl carbamates (subject to hydrolysis) is 1. The molecule has 0 bridgehead atoms. The number of aliphatic hydroxyl groups is 1. The first-order valence-electron chi connectivity index (χ1n) is 19.7. The van der Waals surface area contributed by atoms with Crippen molar-refractivity contribution >= 4 is 61.5 Å². The Morgan fingerprint density at radius 1 is 0.737 bits per heavy atom. The smallest absolute Gasteiger partial charge is 0.407 e. The van der Waals surface area contributed by atoms with E-state index in [2.05, 4.69) is 63.8 Å². The normalized spacial score (nSPS) is 18.3. The van der Waals surface area contributed by atoms with Crippen molar-refractivity contribution in [1.29, 1.82) is 0 Å². The van der Waals surface area contributed by atoms with Gasteiger partial charge in [0.1, 0.15) is 17.7 Å². The molecule has 0 radical (unpaired) electrons. The SMILES string of the molecule is COC(=O)N[C@H](C(=O)N1CCC[C@H]1c1nc2c(ccc3cc(-c4ccc5c(ccc6[nH]c([C@@H]7CCCN7C(=O)[C@H](O)c7ccccc7)nc65)c4)ccc32)[nH]1)C(C)C. The molecule has 0 unspecified atom stereocenters. The van der Waals surface area contributed by atoms with Crippen molar-refractivity contribution in [1.82, 2.24) is 35.1 Å². The number of nitrogens with zero attached hydrogens (tertiary/aromatic N) is 4. The van der Waals surface area contributed by atoms with Gasteiger partial charge in [-0.2, -0.15) is 0 Å². The number of rotatable bonds is 8. The van der Waals surface area contributed by atoms with Crippen LogP contribution in [0.15, 0.2) is 91.0 Å². The number of carbonyl (C=O) groups is 3. The van der Waals surface area contributed by atoms with Crippen LogP contribution in [0.25, 0.3) is 54.7 Å². The number of imidazole rings is 2. The Morgan fingerprint density at radius 3 is 1.77 bits per heavy atom. The number of hydrogen-bond donors (Lipinski definition) is 4. The zero-order chi connectivity index (χ0) is 39.4. The lowest BCUT2D eigenvalue weighted by molar-refractivity contribution is -0.141. The summed E-state index contributed by atoms with van der Waals surface area (Å²) in [6, 6.07) is 29.0. The zero-order valence-electron chi connectivity index (χ0n) is 32.2. The molecule has 57 heavy (non-hydrogen) atoms. The van der Waals surface area contributed by atoms with Gasteiger partial charge in [-0.15, -0.1) is 0 Å². The molecule has 2 aliphatic rings. The van der Waals surface area contributed by atoms with E-state index in [1.165, 1.54) is 7.11 Å². The van der Waals surface area contributed by atoms with E-state index in [4.69, 9.17) is 14.7 Å². The summed E-state index contributed by atoms with van der Waals surface area (Å²) in [5.41, 5.74) is 6.26. The third kappa shape index (κ3) is 6.53. The number of nitrogens with one attached hydrogen (secondary N) is 3. The summed E-state index contributed by atoms with van der Waals surface area (Å²) in [6.45, 7) is 4.99. The molecule has 290 valence electrons. The maximum absolute atomic E-state index is 13.7. The second-order valence-electron chi connectivity index (χ2n) is 15.6. The van der Waals surface area contributed by atoms with Crippen LogP contribution in [0.5, 0.6) is 0 Å². The molecule has 9 rings (SSSR count). The van der Waals surface area contributed by atoms with Gasteiger partial charge < -0.3 is 34.9 Å². The second-order valence-corrected chi connectivity index (χ2v) is 15.6. The Morgan fingerprint density at radius 2 is 1.26 bits per heavy atom. The fourth-order valence-electron chi connectivity index (χ4n) is 8.76. The van der Waals surface area contributed by atoms with E-state index >= 15 is 0 Å². The van der Waals surface area contributed by atoms with Crippen LogP contribution in [0.2, 0.25) is 0 Å². The van der Waals surface area contributed by atoms with Crippen LogP contribution >= 0.6 is 0 Å². The fourth-order valence-corrected chi connectivity index (χ4v) is 8.76. The number of carbonyl (C=O) groups excluding carboxylic acids is 3. The maximum atomic E-state index is 13.7. The van der Waals surface area contributed by atoms with Gasteiger partial charge in [-0.1, -0.05) is 80.6 Å². The van der Waals surface area contributed by atoms with E-state index in [9.17, 15) is 19.5 Å². The van der Waals surface area contributed by atoms with Crippen LogP contribution in [0.4, 0.5) is 4.79 Å². The standard InChI is InChI=1S/C45H45N7O5/c1-25(2)37(50-45(56)57-3)43(54)51-21-7-11-35(51)41-46-33-19-15-29-23-27(13-17-31(29)38(33)48-41)28-14-18-32-30(24-28)16-20-34-39(32)49-42(47-34)36-12-8-22-52(36)44(55)40(53)26-9-5-4-6-10-26/h4-6,9-10,13-20,23-25,35-37,40,53H,7-8,11-12,21-22H2,1-3H3,(H,46,48)(H,47,49)(H,50,56)/t35-,36-,37-,40+/m0/s1. The molecule has 2 fully saturated rings. The van der Waals surface area contributed by atoms with Gasteiger partial charge in [-0.25, -0.2) is 14.8 Å². The van der Waals surface area contributed by atoms with Crippen molar-refractivity contribution in [2.24, 2.45) is 5.92 Å². The molecule has 4 atom stereocenters. The summed E-state index contributed by atoms with van der Waals surface area (Å²) >= 11 is 0. The summed E-state index contributed by atoms with van der Waals surface area (Å²) in [5, 5.41) is 17.8. The number of fused-ring (bicyclic) bond motifs is 6. The number of aromatic nitrogens is 4. The maximum Gasteiger partial charge on any atom is 0.407 e. The Labute approximate surface area is 329 Å². The molecule has 2 aromatic heterocycles. The number of ether oxygens (including phenoxy) is 1. The Hall–Kier alpha value is -6.27. The summed E-state index contributed by atoms with van der Waals surface area (Å²) < 4.78 is 4.79. The number of methoxy groups -OCH3 is 1. The van der Waals surface area contributed by atoms with E-state index in [-0.39, 0.29) is 29.8 Å². The zero-order valence-corrected chi connectivity index (χ0v) is 32.2. The highest BCUT2D eigenvalue weighted by Gasteiger charge is 2.38. The number of amides is 3. The van der Waals surface area contributed by atoms with Gasteiger partial charge in [-0.05, 0) is 83.3 Å². The number of aliphatic hydroxyl groups excluding tert-OH is 1. The van der Waals surface area contributed by atoms with Crippen molar-refractivity contribution in [3.05, 3.63) is 108 Å². The molecule has 4 N–H and O–H groups in total. The predicted molar refractivity (Wildman–Crippen MR) is 219 cm³/mol. The molecule has 4 heterocycles. The molecular formula is C45H45N7O5. The third-order valence-electron chi connectivity index (χ3n) is 11.7. The average Bonchev–Trinajstić information content (AvgIpc) is 4.07. The molecule has 5 aromatic carbocycles. The predicted octanol–water partition coefficient (Wildman–Crippen LogP) is 7.85. The van der Waals surface area contributed by atoms with Gasteiger partial charge in [0.05, 0.1) is 41.3 Å². The van der Waals surface area contributed by atoms with Crippen LogP contribution in [0.1, 0.15) is 74.9 Å². The Kier molecular flexibility index (Phi) is 9.36. The third-order valence-corrected chi connectivity index (χ3v) is 11.7. The van der Waals surface area contributed by atoms with Gasteiger partial charge in [0.15, 0.2) is 6.10 Å². The Bertz CT molecular complexity index is 2670. The van der Waals surface area contributed by atoms with Crippen LogP contribution in [-0.4, -0.2) is 79.0 Å².